The van der Waals surface area contributed by atoms with Crippen molar-refractivity contribution < 1.29 is 28.5 Å². The number of carbonyl (C=O) groups is 1. The summed E-state index contributed by atoms with van der Waals surface area (Å²) in [4.78, 5) is 11.6. The van der Waals surface area contributed by atoms with Gasteiger partial charge in [-0.2, -0.15) is 0 Å². The number of methoxy groups -OCH3 is 4. The first kappa shape index (κ1) is 15.7. The summed E-state index contributed by atoms with van der Waals surface area (Å²) in [6.45, 7) is 0.354. The summed E-state index contributed by atoms with van der Waals surface area (Å²) in [5.41, 5.74) is -0.870. The van der Waals surface area contributed by atoms with E-state index in [1.54, 1.807) is 28.4 Å². The highest BCUT2D eigenvalue weighted by atomic mass is 16.6. The molecule has 0 unspecified atom stereocenters. The molecular formula is C13H23NO6. The molecule has 1 N–H and O–H groups in total. The molecule has 5 atom stereocenters. The van der Waals surface area contributed by atoms with Crippen molar-refractivity contribution in [1.82, 2.24) is 5.32 Å². The Morgan fingerprint density at radius 2 is 1.90 bits per heavy atom. The molecule has 0 aromatic carbocycles. The van der Waals surface area contributed by atoms with E-state index in [0.717, 1.165) is 0 Å². The Morgan fingerprint density at radius 3 is 2.35 bits per heavy atom. The Morgan fingerprint density at radius 1 is 1.20 bits per heavy atom. The van der Waals surface area contributed by atoms with E-state index in [1.807, 2.05) is 0 Å². The summed E-state index contributed by atoms with van der Waals surface area (Å²) in [5.74, 6) is -0.0473. The first-order chi connectivity index (χ1) is 9.61. The quantitative estimate of drug-likeness (QED) is 0.748. The zero-order valence-corrected chi connectivity index (χ0v) is 12.4. The van der Waals surface area contributed by atoms with Gasteiger partial charge in [0, 0.05) is 41.3 Å². The predicted octanol–water partition coefficient (Wildman–Crippen LogP) is -0.317. The van der Waals surface area contributed by atoms with Crippen molar-refractivity contribution in [2.45, 2.75) is 43.0 Å². The maximum atomic E-state index is 11.6. The predicted molar refractivity (Wildman–Crippen MR) is 69.2 cm³/mol. The first-order valence-corrected chi connectivity index (χ1v) is 6.68. The molecule has 2 heterocycles. The molecule has 2 saturated heterocycles. The maximum Gasteiger partial charge on any atom is 0.222 e. The molecule has 2 rings (SSSR count). The normalized spacial score (nSPS) is 41.1. The SMILES string of the molecule is COC[C@H]1O[C@@]2(CCC(=O)N2)[C@H](OC)[C@@H](OC)[C@@H]1OC. The van der Waals surface area contributed by atoms with Crippen LogP contribution in [0.5, 0.6) is 0 Å². The maximum absolute atomic E-state index is 11.6. The van der Waals surface area contributed by atoms with Gasteiger partial charge >= 0.3 is 0 Å². The highest BCUT2D eigenvalue weighted by molar-refractivity contribution is 5.79. The van der Waals surface area contributed by atoms with Gasteiger partial charge in [-0.3, -0.25) is 4.79 Å². The fraction of sp³-hybridized carbons (Fsp3) is 0.923. The summed E-state index contributed by atoms with van der Waals surface area (Å²) in [5, 5.41) is 2.89. The molecule has 7 heteroatoms. The summed E-state index contributed by atoms with van der Waals surface area (Å²) < 4.78 is 27.9. The Bertz CT molecular complexity index is 352. The van der Waals surface area contributed by atoms with Crippen LogP contribution < -0.4 is 5.32 Å². The van der Waals surface area contributed by atoms with Crippen LogP contribution in [-0.4, -0.2) is 71.1 Å². The smallest absolute Gasteiger partial charge is 0.222 e. The average Bonchev–Trinajstić information content (AvgIpc) is 2.80. The van der Waals surface area contributed by atoms with Crippen LogP contribution in [0.2, 0.25) is 0 Å². The second-order valence-corrected chi connectivity index (χ2v) is 5.11. The van der Waals surface area contributed by atoms with Gasteiger partial charge in [0.05, 0.1) is 6.61 Å². The third-order valence-electron chi connectivity index (χ3n) is 4.01. The lowest BCUT2D eigenvalue weighted by Gasteiger charge is -2.50. The second-order valence-electron chi connectivity index (χ2n) is 5.11. The van der Waals surface area contributed by atoms with E-state index in [1.165, 1.54) is 0 Å². The molecule has 2 fully saturated rings. The summed E-state index contributed by atoms with van der Waals surface area (Å²) in [7, 11) is 6.37. The van der Waals surface area contributed by atoms with Gasteiger partial charge in [-0.25, -0.2) is 0 Å². The van der Waals surface area contributed by atoms with Crippen LogP contribution in [0.4, 0.5) is 0 Å². The van der Waals surface area contributed by atoms with Gasteiger partial charge < -0.3 is 29.0 Å². The monoisotopic (exact) mass is 289 g/mol. The van der Waals surface area contributed by atoms with Gasteiger partial charge in [0.2, 0.25) is 5.91 Å². The van der Waals surface area contributed by atoms with Crippen molar-refractivity contribution >= 4 is 5.91 Å². The van der Waals surface area contributed by atoms with E-state index in [0.29, 0.717) is 19.4 Å². The molecule has 0 radical (unpaired) electrons. The third kappa shape index (κ3) is 2.56. The molecular weight excluding hydrogens is 266 g/mol. The molecule has 116 valence electrons. The minimum Gasteiger partial charge on any atom is -0.382 e. The van der Waals surface area contributed by atoms with Gasteiger partial charge in [-0.1, -0.05) is 0 Å². The molecule has 1 amide bonds. The highest BCUT2D eigenvalue weighted by Crippen LogP contribution is 2.38. The van der Waals surface area contributed by atoms with Gasteiger partial charge in [0.1, 0.15) is 24.4 Å². The van der Waals surface area contributed by atoms with Gasteiger partial charge in [-0.15, -0.1) is 0 Å². The van der Waals surface area contributed by atoms with E-state index in [9.17, 15) is 4.79 Å². The minimum absolute atomic E-state index is 0.0473. The van der Waals surface area contributed by atoms with Crippen LogP contribution in [0.25, 0.3) is 0 Å². The van der Waals surface area contributed by atoms with E-state index in [-0.39, 0.29) is 24.2 Å². The molecule has 0 bridgehead atoms. The van der Waals surface area contributed by atoms with Crippen LogP contribution in [0, 0.1) is 0 Å². The fourth-order valence-corrected chi connectivity index (χ4v) is 3.18. The molecule has 7 nitrogen and oxygen atoms in total. The number of rotatable bonds is 5. The molecule has 0 aromatic heterocycles. The topological polar surface area (TPSA) is 75.3 Å². The number of hydrogen-bond donors (Lipinski definition) is 1. The Hall–Kier alpha value is -0.730. The lowest BCUT2D eigenvalue weighted by atomic mass is 9.89. The Labute approximate surface area is 118 Å². The number of carbonyl (C=O) groups excluding carboxylic acids is 1. The van der Waals surface area contributed by atoms with Gasteiger partial charge in [0.25, 0.3) is 0 Å². The van der Waals surface area contributed by atoms with Crippen molar-refractivity contribution in [3.63, 3.8) is 0 Å². The number of hydrogen-bond acceptors (Lipinski definition) is 6. The summed E-state index contributed by atoms with van der Waals surface area (Å²) in [6, 6.07) is 0. The van der Waals surface area contributed by atoms with Crippen LogP contribution in [0.1, 0.15) is 12.8 Å². The largest absolute Gasteiger partial charge is 0.382 e. The molecule has 2 aliphatic heterocycles. The van der Waals surface area contributed by atoms with Crippen molar-refractivity contribution in [2.24, 2.45) is 0 Å². The molecule has 20 heavy (non-hydrogen) atoms. The van der Waals surface area contributed by atoms with Crippen molar-refractivity contribution in [3.05, 3.63) is 0 Å². The fourth-order valence-electron chi connectivity index (χ4n) is 3.18. The van der Waals surface area contributed by atoms with Crippen LogP contribution in [0.3, 0.4) is 0 Å². The van der Waals surface area contributed by atoms with E-state index in [4.69, 9.17) is 23.7 Å². The summed E-state index contributed by atoms with van der Waals surface area (Å²) in [6.07, 6.45) is -0.490. The van der Waals surface area contributed by atoms with E-state index >= 15 is 0 Å². The third-order valence-corrected chi connectivity index (χ3v) is 4.01. The lowest BCUT2D eigenvalue weighted by molar-refractivity contribution is -0.293. The number of nitrogens with one attached hydrogen (secondary N) is 1. The van der Waals surface area contributed by atoms with Crippen molar-refractivity contribution in [3.8, 4) is 0 Å². The van der Waals surface area contributed by atoms with Crippen LogP contribution in [-0.2, 0) is 28.5 Å². The standard InChI is InChI=1S/C13H23NO6/c1-16-7-8-10(17-2)11(18-3)12(19-4)13(20-8)6-5-9(15)14-13/h8,10-12H,5-7H2,1-4H3,(H,14,15)/t8-,10-,11+,12-,13+/m1/s1. The minimum atomic E-state index is -0.870. The van der Waals surface area contributed by atoms with Crippen molar-refractivity contribution in [1.29, 1.82) is 0 Å². The van der Waals surface area contributed by atoms with Gasteiger partial charge in [0.15, 0.2) is 5.72 Å². The molecule has 1 spiro atoms. The van der Waals surface area contributed by atoms with Crippen molar-refractivity contribution in [2.75, 3.05) is 35.0 Å². The van der Waals surface area contributed by atoms with Gasteiger partial charge in [-0.05, 0) is 0 Å². The summed E-state index contributed by atoms with van der Waals surface area (Å²) >= 11 is 0. The average molecular weight is 289 g/mol. The van der Waals surface area contributed by atoms with Crippen LogP contribution >= 0.6 is 0 Å². The number of amides is 1. The highest BCUT2D eigenvalue weighted by Gasteiger charge is 2.58. The molecule has 2 aliphatic rings. The lowest BCUT2D eigenvalue weighted by Crippen LogP contribution is -2.70. The van der Waals surface area contributed by atoms with E-state index < -0.39 is 11.8 Å². The zero-order valence-electron chi connectivity index (χ0n) is 12.4. The number of ether oxygens (including phenoxy) is 5. The van der Waals surface area contributed by atoms with Crippen LogP contribution in [0.15, 0.2) is 0 Å². The Kier molecular flexibility index (Phi) is 4.98. The first-order valence-electron chi connectivity index (χ1n) is 6.68. The Balaban J connectivity index is 2.30. The molecule has 0 saturated carbocycles. The molecule has 0 aliphatic carbocycles. The molecule has 0 aromatic rings. The zero-order chi connectivity index (χ0) is 14.8. The van der Waals surface area contributed by atoms with E-state index in [2.05, 4.69) is 5.32 Å². The second kappa shape index (κ2) is 6.36.